The number of fused-ring (bicyclic) bond motifs is 1. The number of carbonyl (C=O) groups is 1. The predicted octanol–water partition coefficient (Wildman–Crippen LogP) is 4.96. The van der Waals surface area contributed by atoms with Gasteiger partial charge in [0.15, 0.2) is 0 Å². The molecule has 1 fully saturated rings. The Morgan fingerprint density at radius 1 is 1.06 bits per heavy atom. The Kier molecular flexibility index (Phi) is 7.45. The molecule has 1 aliphatic rings. The lowest BCUT2D eigenvalue weighted by atomic mass is 9.97. The van der Waals surface area contributed by atoms with Crippen molar-refractivity contribution in [1.29, 1.82) is 0 Å². The van der Waals surface area contributed by atoms with Gasteiger partial charge in [0.05, 0.1) is 5.75 Å². The lowest BCUT2D eigenvalue weighted by Crippen LogP contribution is -2.36. The van der Waals surface area contributed by atoms with E-state index in [0.29, 0.717) is 22.7 Å². The van der Waals surface area contributed by atoms with Gasteiger partial charge < -0.3 is 5.32 Å². The van der Waals surface area contributed by atoms with Gasteiger partial charge in [-0.25, -0.2) is 9.50 Å². The van der Waals surface area contributed by atoms with Crippen LogP contribution in [0.25, 0.3) is 5.78 Å². The minimum Gasteiger partial charge on any atom is -0.353 e. The lowest BCUT2D eigenvalue weighted by Gasteiger charge is -2.20. The molecule has 32 heavy (non-hydrogen) atoms. The third kappa shape index (κ3) is 5.49. The van der Waals surface area contributed by atoms with Crippen molar-refractivity contribution < 1.29 is 4.79 Å². The Morgan fingerprint density at radius 3 is 2.53 bits per heavy atom. The molecular weight excluding hydrogens is 418 g/mol. The van der Waals surface area contributed by atoms with Gasteiger partial charge in [0.25, 0.3) is 5.78 Å². The first kappa shape index (κ1) is 22.8. The molecule has 2 heterocycles. The number of aromatic nitrogens is 4. The van der Waals surface area contributed by atoms with Gasteiger partial charge in [-0.3, -0.25) is 4.79 Å². The Balaban J connectivity index is 1.43. The van der Waals surface area contributed by atoms with E-state index in [-0.39, 0.29) is 5.91 Å². The number of hydrogen-bond acceptors (Lipinski definition) is 5. The number of amides is 1. The van der Waals surface area contributed by atoms with Gasteiger partial charge in [0.2, 0.25) is 11.1 Å². The monoisotopic (exact) mass is 451 g/mol. The summed E-state index contributed by atoms with van der Waals surface area (Å²) >= 11 is 1.38. The number of nitrogens with zero attached hydrogens (tertiary/aromatic N) is 4. The third-order valence-corrected chi connectivity index (χ3v) is 7.30. The van der Waals surface area contributed by atoms with Crippen LogP contribution in [0.15, 0.2) is 29.4 Å². The number of carbonyl (C=O) groups excluding carboxylic acids is 1. The molecular formula is C25H33N5OS. The molecule has 170 valence electrons. The second kappa shape index (κ2) is 10.5. The van der Waals surface area contributed by atoms with Crippen LogP contribution in [0.2, 0.25) is 0 Å². The number of rotatable bonds is 6. The van der Waals surface area contributed by atoms with Crippen LogP contribution in [-0.2, 0) is 11.2 Å². The minimum atomic E-state index is 0.0699. The van der Waals surface area contributed by atoms with Crippen molar-refractivity contribution in [2.75, 3.05) is 5.75 Å². The SMILES string of the molecule is Cc1ccccc1Cc1c(C)nc2nc(SCC(=O)NC3CCCCCCC3)nn2c1C. The normalized spacial score (nSPS) is 15.5. The first-order chi connectivity index (χ1) is 15.5. The summed E-state index contributed by atoms with van der Waals surface area (Å²) in [6.07, 6.45) is 9.31. The zero-order valence-electron chi connectivity index (χ0n) is 19.4. The van der Waals surface area contributed by atoms with Gasteiger partial charge >= 0.3 is 0 Å². The molecule has 0 spiro atoms. The van der Waals surface area contributed by atoms with E-state index in [4.69, 9.17) is 4.98 Å². The molecule has 1 aliphatic carbocycles. The fourth-order valence-corrected chi connectivity index (χ4v) is 5.13. The van der Waals surface area contributed by atoms with Crippen molar-refractivity contribution in [1.82, 2.24) is 24.9 Å². The van der Waals surface area contributed by atoms with E-state index in [1.165, 1.54) is 60.6 Å². The standard InChI is InChI=1S/C25H33N5OS/c1-17-11-9-10-12-20(17)15-22-18(2)26-24-28-25(29-30(24)19(22)3)32-16-23(31)27-21-13-7-5-4-6-8-14-21/h9-12,21H,4-8,13-16H2,1-3H3,(H,27,31). The van der Waals surface area contributed by atoms with Crippen LogP contribution in [-0.4, -0.2) is 37.3 Å². The Bertz CT molecular complexity index is 1090. The summed E-state index contributed by atoms with van der Waals surface area (Å²) in [5, 5.41) is 8.46. The molecule has 1 amide bonds. The summed E-state index contributed by atoms with van der Waals surface area (Å²) in [5.41, 5.74) is 5.77. The zero-order valence-corrected chi connectivity index (χ0v) is 20.2. The van der Waals surface area contributed by atoms with Crippen molar-refractivity contribution in [3.63, 3.8) is 0 Å². The second-order valence-electron chi connectivity index (χ2n) is 8.87. The second-order valence-corrected chi connectivity index (χ2v) is 9.81. The largest absolute Gasteiger partial charge is 0.353 e. The molecule has 1 aromatic carbocycles. The summed E-state index contributed by atoms with van der Waals surface area (Å²) < 4.78 is 1.82. The smallest absolute Gasteiger partial charge is 0.253 e. The average molecular weight is 452 g/mol. The lowest BCUT2D eigenvalue weighted by molar-refractivity contribution is -0.119. The maximum atomic E-state index is 12.5. The Morgan fingerprint density at radius 2 is 1.78 bits per heavy atom. The summed E-state index contributed by atoms with van der Waals surface area (Å²) in [7, 11) is 0. The highest BCUT2D eigenvalue weighted by atomic mass is 32.2. The summed E-state index contributed by atoms with van der Waals surface area (Å²) in [5.74, 6) is 0.999. The molecule has 0 saturated heterocycles. The van der Waals surface area contributed by atoms with Gasteiger partial charge in [-0.1, -0.05) is 68.1 Å². The molecule has 1 saturated carbocycles. The van der Waals surface area contributed by atoms with Crippen LogP contribution in [0, 0.1) is 20.8 Å². The maximum Gasteiger partial charge on any atom is 0.253 e. The quantitative estimate of drug-likeness (QED) is 0.536. The number of hydrogen-bond donors (Lipinski definition) is 1. The van der Waals surface area contributed by atoms with Crippen molar-refractivity contribution in [2.45, 2.75) is 83.3 Å². The molecule has 0 radical (unpaired) electrons. The fraction of sp³-hybridized carbons (Fsp3) is 0.520. The van der Waals surface area contributed by atoms with Gasteiger partial charge in [-0.15, -0.1) is 5.10 Å². The van der Waals surface area contributed by atoms with Crippen LogP contribution in [0.5, 0.6) is 0 Å². The van der Waals surface area contributed by atoms with Crippen molar-refractivity contribution >= 4 is 23.4 Å². The first-order valence-electron chi connectivity index (χ1n) is 11.7. The van der Waals surface area contributed by atoms with Crippen molar-refractivity contribution in [3.05, 3.63) is 52.3 Å². The van der Waals surface area contributed by atoms with Crippen LogP contribution in [0.4, 0.5) is 0 Å². The highest BCUT2D eigenvalue weighted by Gasteiger charge is 2.17. The third-order valence-electron chi connectivity index (χ3n) is 6.46. The van der Waals surface area contributed by atoms with Crippen molar-refractivity contribution in [2.24, 2.45) is 0 Å². The van der Waals surface area contributed by atoms with Gasteiger partial charge in [0.1, 0.15) is 0 Å². The summed E-state index contributed by atoms with van der Waals surface area (Å²) in [4.78, 5) is 21.8. The Hall–Kier alpha value is -2.41. The molecule has 4 rings (SSSR count). The van der Waals surface area contributed by atoms with Gasteiger partial charge in [0, 0.05) is 23.9 Å². The van der Waals surface area contributed by atoms with E-state index in [0.717, 1.165) is 30.7 Å². The van der Waals surface area contributed by atoms with E-state index >= 15 is 0 Å². The molecule has 3 aromatic rings. The van der Waals surface area contributed by atoms with Gasteiger partial charge in [-0.2, -0.15) is 4.98 Å². The molecule has 0 atom stereocenters. The summed E-state index contributed by atoms with van der Waals surface area (Å²) in [6, 6.07) is 8.75. The number of nitrogens with one attached hydrogen (secondary N) is 1. The summed E-state index contributed by atoms with van der Waals surface area (Å²) in [6.45, 7) is 6.24. The predicted molar refractivity (Wildman–Crippen MR) is 129 cm³/mol. The van der Waals surface area contributed by atoms with E-state index in [2.05, 4.69) is 53.5 Å². The maximum absolute atomic E-state index is 12.5. The minimum absolute atomic E-state index is 0.0699. The molecule has 2 aromatic heterocycles. The van der Waals surface area contributed by atoms with E-state index in [1.807, 2.05) is 11.4 Å². The fourth-order valence-electron chi connectivity index (χ4n) is 4.51. The number of benzene rings is 1. The number of thioether (sulfide) groups is 1. The molecule has 1 N–H and O–H groups in total. The highest BCUT2D eigenvalue weighted by molar-refractivity contribution is 7.99. The highest BCUT2D eigenvalue weighted by Crippen LogP contribution is 2.22. The first-order valence-corrected chi connectivity index (χ1v) is 12.7. The van der Waals surface area contributed by atoms with Crippen molar-refractivity contribution in [3.8, 4) is 0 Å². The molecule has 0 unspecified atom stereocenters. The van der Waals surface area contributed by atoms with Gasteiger partial charge in [-0.05, 0) is 50.3 Å². The van der Waals surface area contributed by atoms with E-state index in [1.54, 1.807) is 0 Å². The zero-order chi connectivity index (χ0) is 22.5. The van der Waals surface area contributed by atoms with Crippen LogP contribution >= 0.6 is 11.8 Å². The van der Waals surface area contributed by atoms with E-state index in [9.17, 15) is 4.79 Å². The number of aryl methyl sites for hydroxylation is 3. The topological polar surface area (TPSA) is 72.2 Å². The molecule has 6 nitrogen and oxygen atoms in total. The van der Waals surface area contributed by atoms with E-state index < -0.39 is 0 Å². The van der Waals surface area contributed by atoms with Crippen LogP contribution in [0.1, 0.15) is 73.0 Å². The molecule has 0 bridgehead atoms. The van der Waals surface area contributed by atoms with Crippen LogP contribution in [0.3, 0.4) is 0 Å². The van der Waals surface area contributed by atoms with Crippen LogP contribution < -0.4 is 5.32 Å². The Labute approximate surface area is 194 Å². The molecule has 7 heteroatoms. The average Bonchev–Trinajstić information content (AvgIpc) is 3.16. The molecule has 0 aliphatic heterocycles.